The smallest absolute Gasteiger partial charge is 0.300 e. The number of carbonyl (C=O) groups excluding carboxylic acids is 2. The SMILES string of the molecule is O=C1C(=O)N(c2ccc(F)cc2F)C(c2ccc(F)cc2)/C1=C(/O)c1cccc2ccccc12. The summed E-state index contributed by atoms with van der Waals surface area (Å²) in [7, 11) is 0. The van der Waals surface area contributed by atoms with Crippen molar-refractivity contribution >= 4 is 33.9 Å². The lowest BCUT2D eigenvalue weighted by atomic mass is 9.93. The third-order valence-corrected chi connectivity index (χ3v) is 5.84. The lowest BCUT2D eigenvalue weighted by Crippen LogP contribution is -2.30. The number of nitrogens with zero attached hydrogens (tertiary/aromatic N) is 1. The number of hydrogen-bond donors (Lipinski definition) is 1. The predicted octanol–water partition coefficient (Wildman–Crippen LogP) is 5.88. The zero-order valence-corrected chi connectivity index (χ0v) is 17.5. The number of anilines is 1. The number of ketones is 1. The van der Waals surface area contributed by atoms with Gasteiger partial charge in [-0.2, -0.15) is 0 Å². The Morgan fingerprint density at radius 2 is 1.47 bits per heavy atom. The first-order valence-corrected chi connectivity index (χ1v) is 10.4. The first kappa shape index (κ1) is 21.5. The van der Waals surface area contributed by atoms with Gasteiger partial charge in [-0.15, -0.1) is 0 Å². The van der Waals surface area contributed by atoms with Crippen LogP contribution in [0.4, 0.5) is 18.9 Å². The summed E-state index contributed by atoms with van der Waals surface area (Å²) >= 11 is 0. The number of rotatable bonds is 3. The molecule has 5 rings (SSSR count). The van der Waals surface area contributed by atoms with Gasteiger partial charge in [0.2, 0.25) is 0 Å². The van der Waals surface area contributed by atoms with Crippen LogP contribution in [-0.2, 0) is 9.59 Å². The van der Waals surface area contributed by atoms with E-state index in [-0.39, 0.29) is 16.8 Å². The number of aliphatic hydroxyl groups is 1. The monoisotopic (exact) mass is 459 g/mol. The van der Waals surface area contributed by atoms with Crippen LogP contribution in [0.15, 0.2) is 90.5 Å². The number of carbonyl (C=O) groups is 2. The highest BCUT2D eigenvalue weighted by atomic mass is 19.1. The maximum atomic E-state index is 14.7. The van der Waals surface area contributed by atoms with Crippen molar-refractivity contribution in [3.8, 4) is 0 Å². The number of benzene rings is 4. The Bertz CT molecular complexity index is 1490. The van der Waals surface area contributed by atoms with Crippen LogP contribution in [0.1, 0.15) is 17.2 Å². The summed E-state index contributed by atoms with van der Waals surface area (Å²) in [6, 6.07) is 18.6. The topological polar surface area (TPSA) is 57.6 Å². The second kappa shape index (κ2) is 8.19. The Morgan fingerprint density at radius 1 is 0.794 bits per heavy atom. The van der Waals surface area contributed by atoms with Crippen LogP contribution in [0.3, 0.4) is 0 Å². The molecule has 1 atom stereocenters. The fourth-order valence-electron chi connectivity index (χ4n) is 4.30. The molecule has 1 amide bonds. The highest BCUT2D eigenvalue weighted by molar-refractivity contribution is 6.51. The summed E-state index contributed by atoms with van der Waals surface area (Å²) in [5.74, 6) is -5.05. The Hall–Kier alpha value is -4.39. The molecule has 0 aliphatic carbocycles. The van der Waals surface area contributed by atoms with E-state index in [9.17, 15) is 27.9 Å². The average molecular weight is 459 g/mol. The first-order chi connectivity index (χ1) is 16.4. The Morgan fingerprint density at radius 3 is 2.21 bits per heavy atom. The molecule has 1 fully saturated rings. The normalized spacial score (nSPS) is 17.5. The molecule has 0 spiro atoms. The van der Waals surface area contributed by atoms with Crippen LogP contribution >= 0.6 is 0 Å². The van der Waals surface area contributed by atoms with Gasteiger partial charge in [-0.05, 0) is 40.6 Å². The van der Waals surface area contributed by atoms with Gasteiger partial charge in [-0.25, -0.2) is 13.2 Å². The molecule has 34 heavy (non-hydrogen) atoms. The van der Waals surface area contributed by atoms with Crippen molar-refractivity contribution in [2.75, 3.05) is 4.90 Å². The highest BCUT2D eigenvalue weighted by Crippen LogP contribution is 2.43. The van der Waals surface area contributed by atoms with E-state index < -0.39 is 40.9 Å². The predicted molar refractivity (Wildman–Crippen MR) is 121 cm³/mol. The second-order valence-corrected chi connectivity index (χ2v) is 7.84. The maximum absolute atomic E-state index is 14.7. The largest absolute Gasteiger partial charge is 0.507 e. The molecule has 0 saturated carbocycles. The van der Waals surface area contributed by atoms with Gasteiger partial charge in [0.25, 0.3) is 11.7 Å². The van der Waals surface area contributed by atoms with Crippen LogP contribution in [0.25, 0.3) is 16.5 Å². The summed E-state index contributed by atoms with van der Waals surface area (Å²) in [5.41, 5.74) is -0.0413. The van der Waals surface area contributed by atoms with Gasteiger partial charge >= 0.3 is 0 Å². The number of aliphatic hydroxyl groups excluding tert-OH is 1. The Balaban J connectivity index is 1.79. The van der Waals surface area contributed by atoms with Gasteiger partial charge in [-0.3, -0.25) is 14.5 Å². The van der Waals surface area contributed by atoms with E-state index in [4.69, 9.17) is 0 Å². The van der Waals surface area contributed by atoms with Crippen molar-refractivity contribution in [1.82, 2.24) is 0 Å². The lowest BCUT2D eigenvalue weighted by Gasteiger charge is -2.26. The first-order valence-electron chi connectivity index (χ1n) is 10.4. The molecule has 7 heteroatoms. The molecular formula is C27H16F3NO3. The summed E-state index contributed by atoms with van der Waals surface area (Å²) in [4.78, 5) is 27.2. The van der Waals surface area contributed by atoms with E-state index in [1.165, 1.54) is 12.1 Å². The second-order valence-electron chi connectivity index (χ2n) is 7.84. The van der Waals surface area contributed by atoms with Crippen LogP contribution in [0.2, 0.25) is 0 Å². The number of Topliss-reactive ketones (excluding diaryl/α,β-unsaturated/α-hetero) is 1. The molecule has 1 aliphatic heterocycles. The van der Waals surface area contributed by atoms with Crippen molar-refractivity contribution in [3.05, 3.63) is 119 Å². The van der Waals surface area contributed by atoms with E-state index in [1.807, 2.05) is 18.2 Å². The molecular weight excluding hydrogens is 443 g/mol. The van der Waals surface area contributed by atoms with Crippen LogP contribution in [0.5, 0.6) is 0 Å². The van der Waals surface area contributed by atoms with E-state index in [0.29, 0.717) is 17.0 Å². The van der Waals surface area contributed by atoms with Gasteiger partial charge < -0.3 is 5.11 Å². The van der Waals surface area contributed by atoms with Gasteiger partial charge in [-0.1, -0.05) is 54.6 Å². The van der Waals surface area contributed by atoms with Crippen LogP contribution < -0.4 is 4.90 Å². The van der Waals surface area contributed by atoms with Gasteiger partial charge in [0.1, 0.15) is 23.2 Å². The van der Waals surface area contributed by atoms with Gasteiger partial charge in [0.15, 0.2) is 0 Å². The van der Waals surface area contributed by atoms with E-state index in [1.54, 1.807) is 24.3 Å². The third kappa shape index (κ3) is 3.42. The zero-order chi connectivity index (χ0) is 24.0. The molecule has 4 nitrogen and oxygen atoms in total. The Kier molecular flexibility index (Phi) is 5.17. The molecule has 4 aromatic rings. The number of halogens is 3. The molecule has 168 valence electrons. The standard InChI is InChI=1S/C27H16F3NO3/c28-17-10-8-16(9-11-17)24-23(25(32)20-7-3-5-15-4-1-2-6-19(15)20)26(33)27(34)31(24)22-13-12-18(29)14-21(22)30/h1-14,24,32H/b25-23-. The number of fused-ring (bicyclic) bond motifs is 1. The summed E-state index contributed by atoms with van der Waals surface area (Å²) in [6.07, 6.45) is 0. The molecule has 1 aliphatic rings. The number of hydrogen-bond acceptors (Lipinski definition) is 3. The van der Waals surface area contributed by atoms with Gasteiger partial charge in [0.05, 0.1) is 17.3 Å². The molecule has 1 N–H and O–H groups in total. The molecule has 1 heterocycles. The third-order valence-electron chi connectivity index (χ3n) is 5.84. The summed E-state index contributed by atoms with van der Waals surface area (Å²) in [6.45, 7) is 0. The molecule has 0 radical (unpaired) electrons. The molecule has 4 aromatic carbocycles. The van der Waals surface area contributed by atoms with Crippen molar-refractivity contribution in [2.24, 2.45) is 0 Å². The van der Waals surface area contributed by atoms with Crippen LogP contribution in [0, 0.1) is 17.5 Å². The van der Waals surface area contributed by atoms with Crippen LogP contribution in [-0.4, -0.2) is 16.8 Å². The fraction of sp³-hybridized carbons (Fsp3) is 0.0370. The van der Waals surface area contributed by atoms with E-state index in [0.717, 1.165) is 34.6 Å². The Labute approximate surface area is 192 Å². The van der Waals surface area contributed by atoms with Gasteiger partial charge in [0, 0.05) is 11.6 Å². The number of amides is 1. The van der Waals surface area contributed by atoms with Crippen molar-refractivity contribution in [3.63, 3.8) is 0 Å². The molecule has 1 unspecified atom stereocenters. The zero-order valence-electron chi connectivity index (χ0n) is 17.5. The quantitative estimate of drug-likeness (QED) is 0.236. The van der Waals surface area contributed by atoms with Crippen molar-refractivity contribution < 1.29 is 27.9 Å². The molecule has 1 saturated heterocycles. The van der Waals surface area contributed by atoms with Crippen molar-refractivity contribution in [2.45, 2.75) is 6.04 Å². The summed E-state index contributed by atoms with van der Waals surface area (Å²) in [5, 5.41) is 12.8. The molecule has 0 aromatic heterocycles. The molecule has 0 bridgehead atoms. The highest BCUT2D eigenvalue weighted by Gasteiger charge is 2.47. The van der Waals surface area contributed by atoms with E-state index in [2.05, 4.69) is 0 Å². The van der Waals surface area contributed by atoms with E-state index >= 15 is 0 Å². The minimum absolute atomic E-state index is 0.270. The van der Waals surface area contributed by atoms with Crippen molar-refractivity contribution in [1.29, 1.82) is 0 Å². The average Bonchev–Trinajstić information content (AvgIpc) is 3.09. The fourth-order valence-corrected chi connectivity index (χ4v) is 4.30. The maximum Gasteiger partial charge on any atom is 0.300 e. The summed E-state index contributed by atoms with van der Waals surface area (Å²) < 4.78 is 41.9. The minimum atomic E-state index is -1.26. The lowest BCUT2D eigenvalue weighted by molar-refractivity contribution is -0.132. The minimum Gasteiger partial charge on any atom is -0.507 e.